The van der Waals surface area contributed by atoms with Crippen LogP contribution in [0.2, 0.25) is 0 Å². The summed E-state index contributed by atoms with van der Waals surface area (Å²) in [4.78, 5) is 0. The van der Waals surface area contributed by atoms with Gasteiger partial charge in [0.25, 0.3) is 0 Å². The zero-order valence-corrected chi connectivity index (χ0v) is 12.5. The Labute approximate surface area is 114 Å². The van der Waals surface area contributed by atoms with Crippen molar-refractivity contribution in [1.82, 2.24) is 0 Å². The second-order valence-electron chi connectivity index (χ2n) is 3.12. The van der Waals surface area contributed by atoms with Crippen molar-refractivity contribution in [3.8, 4) is 11.1 Å². The van der Waals surface area contributed by atoms with Crippen LogP contribution in [0, 0.1) is 37.7 Å². The fourth-order valence-corrected chi connectivity index (χ4v) is 1.52. The van der Waals surface area contributed by atoms with E-state index in [2.05, 4.69) is 18.2 Å². The number of benzene rings is 2. The first-order valence-corrected chi connectivity index (χ1v) is 4.61. The van der Waals surface area contributed by atoms with Gasteiger partial charge in [0.05, 0.1) is 0 Å². The predicted octanol–water partition coefficient (Wildman–Crippen LogP) is 2.82. The Kier molecular flexibility index (Phi) is 4.98. The zero-order chi connectivity index (χ0) is 9.80. The minimum absolute atomic E-state index is 0. The summed E-state index contributed by atoms with van der Waals surface area (Å²) in [7, 11) is 0. The van der Waals surface area contributed by atoms with Crippen molar-refractivity contribution in [3.05, 3.63) is 66.7 Å². The first-order chi connectivity index (χ1) is 6.92. The first kappa shape index (κ1) is 12.4. The molecule has 0 aromatic heterocycles. The van der Waals surface area contributed by atoms with Crippen LogP contribution >= 0.6 is 0 Å². The molecule has 2 rings (SSSR count). The van der Waals surface area contributed by atoms with E-state index in [1.54, 1.807) is 6.54 Å². The van der Waals surface area contributed by atoms with Gasteiger partial charge in [0.2, 0.25) is 0 Å². The Morgan fingerprint density at radius 1 is 0.800 bits per heavy atom. The second-order valence-corrected chi connectivity index (χ2v) is 3.12. The van der Waals surface area contributed by atoms with Gasteiger partial charge in [-0.25, -0.2) is 0 Å². The van der Waals surface area contributed by atoms with Crippen molar-refractivity contribution in [2.24, 2.45) is 5.73 Å². The van der Waals surface area contributed by atoms with Crippen molar-refractivity contribution in [2.45, 2.75) is 0 Å². The Morgan fingerprint density at radius 3 is 2.07 bits per heavy atom. The van der Waals surface area contributed by atoms with Gasteiger partial charge in [0.15, 0.2) is 0 Å². The molecule has 1 nitrogen and oxygen atoms in total. The van der Waals surface area contributed by atoms with Gasteiger partial charge in [-0.2, -0.15) is 11.6 Å². The molecule has 2 N–H and O–H groups in total. The second kappa shape index (κ2) is 6.03. The fourth-order valence-electron chi connectivity index (χ4n) is 1.52. The molecule has 0 saturated carbocycles. The molecule has 0 aliphatic carbocycles. The van der Waals surface area contributed by atoms with Crippen molar-refractivity contribution in [2.75, 3.05) is 0 Å². The van der Waals surface area contributed by atoms with E-state index in [4.69, 9.17) is 5.73 Å². The average molecular weight is 420 g/mol. The van der Waals surface area contributed by atoms with Crippen LogP contribution in [0.1, 0.15) is 5.56 Å². The van der Waals surface area contributed by atoms with Crippen molar-refractivity contribution < 1.29 is 31.1 Å². The van der Waals surface area contributed by atoms with E-state index in [0.717, 1.165) is 5.56 Å². The van der Waals surface area contributed by atoms with E-state index in [9.17, 15) is 0 Å². The number of hydrogen-bond donors (Lipinski definition) is 1. The monoisotopic (exact) mass is 420 g/mol. The number of rotatable bonds is 2. The summed E-state index contributed by atoms with van der Waals surface area (Å²) in [5.41, 5.74) is 9.01. The Balaban J connectivity index is 0.00000112. The van der Waals surface area contributed by atoms with Crippen LogP contribution in [0.5, 0.6) is 0 Å². The maximum atomic E-state index is 5.56. The van der Waals surface area contributed by atoms with Gasteiger partial charge >= 0.3 is 0 Å². The molecule has 0 spiro atoms. The van der Waals surface area contributed by atoms with Crippen LogP contribution in [0.4, 0.5) is 0 Å². The van der Waals surface area contributed by atoms with Crippen LogP contribution in [0.15, 0.2) is 54.6 Å². The third kappa shape index (κ3) is 2.89. The third-order valence-electron chi connectivity index (χ3n) is 2.23. The van der Waals surface area contributed by atoms with Crippen LogP contribution in [-0.2, 0) is 0 Å². The summed E-state index contributed by atoms with van der Waals surface area (Å²) in [5.74, 6) is 0. The predicted molar refractivity (Wildman–Crippen MR) is 59.5 cm³/mol. The van der Waals surface area contributed by atoms with Gasteiger partial charge in [0.1, 0.15) is 0 Å². The van der Waals surface area contributed by atoms with E-state index in [0.29, 0.717) is 0 Å². The summed E-state index contributed by atoms with van der Waals surface area (Å²) < 4.78 is 0. The third-order valence-corrected chi connectivity index (χ3v) is 2.23. The van der Waals surface area contributed by atoms with Crippen LogP contribution in [0.3, 0.4) is 0 Å². The maximum Gasteiger partial charge on any atom is 0 e. The molecule has 15 heavy (non-hydrogen) atoms. The first-order valence-electron chi connectivity index (χ1n) is 4.61. The molecule has 0 heterocycles. The summed E-state index contributed by atoms with van der Waals surface area (Å²) in [6.07, 6.45) is 0. The van der Waals surface area contributed by atoms with Gasteiger partial charge in [-0.15, -0.1) is 24.2 Å². The van der Waals surface area contributed by atoms with Crippen molar-refractivity contribution in [1.29, 1.82) is 0 Å². The molecule has 0 saturated heterocycles. The van der Waals surface area contributed by atoms with Crippen LogP contribution in [0.25, 0.3) is 11.1 Å². The molecule has 2 heteroatoms. The molecule has 74 valence electrons. The van der Waals surface area contributed by atoms with Crippen molar-refractivity contribution >= 4 is 0 Å². The van der Waals surface area contributed by atoms with E-state index >= 15 is 0 Å². The van der Waals surface area contributed by atoms with Gasteiger partial charge in [-0.05, 0) is 0 Å². The topological polar surface area (TPSA) is 26.0 Å². The Morgan fingerprint density at radius 2 is 1.40 bits per heavy atom. The minimum atomic E-state index is 0. The molecule has 0 fully saturated rings. The minimum Gasteiger partial charge on any atom is -0.360 e. The molecule has 0 aliphatic rings. The smallest absolute Gasteiger partial charge is 0 e. The van der Waals surface area contributed by atoms with Gasteiger partial charge in [-0.1, -0.05) is 42.0 Å². The molecule has 0 radical (unpaired) electrons. The van der Waals surface area contributed by atoms with Crippen molar-refractivity contribution in [3.63, 3.8) is 0 Å². The quantitative estimate of drug-likeness (QED) is 0.744. The molecule has 0 atom stereocenters. The molecule has 0 amide bonds. The van der Waals surface area contributed by atoms with E-state index in [1.165, 1.54) is 11.1 Å². The number of hydrogen-bond acceptors (Lipinski definition) is 1. The van der Waals surface area contributed by atoms with Gasteiger partial charge in [0, 0.05) is 31.1 Å². The summed E-state index contributed by atoms with van der Waals surface area (Å²) in [6, 6.07) is 18.4. The molecule has 0 unspecified atom stereocenters. The Bertz CT molecular complexity index is 412. The van der Waals surface area contributed by atoms with Gasteiger partial charge in [-0.3, -0.25) is 0 Å². The fraction of sp³-hybridized carbons (Fsp3) is 0. The molecule has 2 aromatic carbocycles. The zero-order valence-electron chi connectivity index (χ0n) is 8.35. The summed E-state index contributed by atoms with van der Waals surface area (Å²) in [6.45, 7) is 1.64. The molecular weight excluding hydrogens is 408 g/mol. The molecule has 0 aliphatic heterocycles. The molecular formula is C13H12NU-. The standard InChI is InChI=1S/C13H12N.U/c14-10-12-8-4-5-9-13(12)11-6-2-1-3-7-11;/h1-10H,14H2;/q-1;. The molecule has 2 aromatic rings. The molecule has 0 bridgehead atoms. The van der Waals surface area contributed by atoms with Crippen LogP contribution in [-0.4, -0.2) is 0 Å². The normalized spacial score (nSPS) is 9.13. The number of nitrogens with two attached hydrogens (primary N) is 1. The largest absolute Gasteiger partial charge is 0.360 e. The van der Waals surface area contributed by atoms with Gasteiger partial charge < -0.3 is 5.73 Å². The van der Waals surface area contributed by atoms with E-state index in [-0.39, 0.29) is 31.1 Å². The SMILES string of the molecule is N[CH-]c1ccccc1-c1ccccc1.[U]. The van der Waals surface area contributed by atoms with E-state index in [1.807, 2.05) is 36.4 Å². The summed E-state index contributed by atoms with van der Waals surface area (Å²) >= 11 is 0. The van der Waals surface area contributed by atoms with Crippen LogP contribution < -0.4 is 5.73 Å². The average Bonchev–Trinajstić information content (AvgIpc) is 2.30. The Hall–Kier alpha value is -0.678. The van der Waals surface area contributed by atoms with E-state index < -0.39 is 0 Å². The maximum absolute atomic E-state index is 5.56. The summed E-state index contributed by atoms with van der Waals surface area (Å²) in [5, 5.41) is 0.